The van der Waals surface area contributed by atoms with Crippen molar-refractivity contribution in [3.05, 3.63) is 0 Å². The predicted octanol–water partition coefficient (Wildman–Crippen LogP) is 0.746. The molecule has 0 aliphatic heterocycles. The van der Waals surface area contributed by atoms with Gasteiger partial charge in [0.1, 0.15) is 0 Å². The summed E-state index contributed by atoms with van der Waals surface area (Å²) < 4.78 is 0. The normalized spacial score (nSPS) is 2.40. The lowest BCUT2D eigenvalue weighted by Crippen LogP contribution is -1.79. The summed E-state index contributed by atoms with van der Waals surface area (Å²) in [6.45, 7) is 0. The van der Waals surface area contributed by atoms with Crippen LogP contribution in [-0.4, -0.2) is 5.49 Å². The molecule has 0 saturated carbocycles. The highest BCUT2D eigenvalue weighted by Gasteiger charge is 1.13. The van der Waals surface area contributed by atoms with Crippen molar-refractivity contribution in [3.8, 4) is 0 Å². The van der Waals surface area contributed by atoms with Crippen LogP contribution in [0.4, 0.5) is 0 Å². The summed E-state index contributed by atoms with van der Waals surface area (Å²) in [5.74, 6) is 0. The van der Waals surface area contributed by atoms with E-state index in [2.05, 4.69) is 18.0 Å². The minimum absolute atomic E-state index is 0. The third-order valence-electron chi connectivity index (χ3n) is 0. The fourth-order valence-corrected chi connectivity index (χ4v) is 0. The number of halogens is 2. The van der Waals surface area contributed by atoms with Crippen molar-refractivity contribution in [2.75, 3.05) is 0 Å². The van der Waals surface area contributed by atoms with Crippen LogP contribution in [0.5, 0.6) is 0 Å². The SMILES string of the molecule is Cl.Cl.NC=S. The molecule has 0 aromatic carbocycles. The van der Waals surface area contributed by atoms with E-state index in [1.165, 1.54) is 0 Å². The van der Waals surface area contributed by atoms with Crippen LogP contribution in [-0.2, 0) is 0 Å². The second-order valence-electron chi connectivity index (χ2n) is 0.136. The molecule has 0 rings (SSSR count). The summed E-state index contributed by atoms with van der Waals surface area (Å²) >= 11 is 4.05. The van der Waals surface area contributed by atoms with Crippen LogP contribution >= 0.6 is 37.0 Å². The largest absolute Gasteiger partial charge is 0.396 e. The maximum Gasteiger partial charge on any atom is 0.0588 e. The molecule has 0 spiro atoms. The van der Waals surface area contributed by atoms with Crippen LogP contribution < -0.4 is 5.73 Å². The lowest BCUT2D eigenvalue weighted by atomic mass is 11.6. The molecule has 0 heterocycles. The van der Waals surface area contributed by atoms with Gasteiger partial charge in [-0.3, -0.25) is 0 Å². The van der Waals surface area contributed by atoms with Gasteiger partial charge in [0.15, 0.2) is 0 Å². The molecule has 0 radical (unpaired) electrons. The second kappa shape index (κ2) is 24.9. The van der Waals surface area contributed by atoms with Crippen LogP contribution in [0, 0.1) is 0 Å². The van der Waals surface area contributed by atoms with Gasteiger partial charge in [-0.1, -0.05) is 12.2 Å². The second-order valence-corrected chi connectivity index (χ2v) is 0.408. The van der Waals surface area contributed by atoms with Crippen molar-refractivity contribution < 1.29 is 0 Å². The Labute approximate surface area is 48.7 Å². The van der Waals surface area contributed by atoms with Gasteiger partial charge in [-0.25, -0.2) is 0 Å². The zero-order valence-electron chi connectivity index (χ0n) is 2.38. The van der Waals surface area contributed by atoms with Gasteiger partial charge in [-0.2, -0.15) is 0 Å². The van der Waals surface area contributed by atoms with Crippen LogP contribution in [0.15, 0.2) is 0 Å². The van der Waals surface area contributed by atoms with Crippen molar-refractivity contribution in [2.24, 2.45) is 5.73 Å². The van der Waals surface area contributed by atoms with E-state index < -0.39 is 0 Å². The Morgan fingerprint density at radius 1 is 1.40 bits per heavy atom. The van der Waals surface area contributed by atoms with Crippen LogP contribution in [0.2, 0.25) is 0 Å². The van der Waals surface area contributed by atoms with Gasteiger partial charge in [0.25, 0.3) is 0 Å². The Kier molecular flexibility index (Phi) is 89.2. The fourth-order valence-electron chi connectivity index (χ4n) is 0. The molecule has 34 valence electrons. The zero-order valence-corrected chi connectivity index (χ0v) is 4.83. The molecular formula is CH5Cl2NS. The minimum atomic E-state index is 0. The Morgan fingerprint density at radius 2 is 1.40 bits per heavy atom. The third kappa shape index (κ3) is 123. The van der Waals surface area contributed by atoms with E-state index in [4.69, 9.17) is 0 Å². The first-order valence-corrected chi connectivity index (χ1v) is 1.04. The molecule has 0 saturated heterocycles. The molecule has 0 aromatic heterocycles. The summed E-state index contributed by atoms with van der Waals surface area (Å²) in [4.78, 5) is 0. The quantitative estimate of drug-likeness (QED) is 0.494. The molecule has 0 fully saturated rings. The first-order valence-electron chi connectivity index (χ1n) is 0.569. The van der Waals surface area contributed by atoms with Gasteiger partial charge in [0, 0.05) is 0 Å². The van der Waals surface area contributed by atoms with Crippen LogP contribution in [0.1, 0.15) is 0 Å². The molecule has 2 N–H and O–H groups in total. The first kappa shape index (κ1) is 17.9. The van der Waals surface area contributed by atoms with Crippen LogP contribution in [0.25, 0.3) is 0 Å². The summed E-state index contributed by atoms with van der Waals surface area (Å²) in [5.41, 5.74) is 5.62. The average molecular weight is 134 g/mol. The number of thiocarbonyl (C=S) groups is 1. The van der Waals surface area contributed by atoms with Gasteiger partial charge >= 0.3 is 0 Å². The maximum atomic E-state index is 4.54. The molecule has 1 nitrogen and oxygen atoms in total. The molecule has 0 amide bonds. The predicted molar refractivity (Wildman–Crippen MR) is 32.3 cm³/mol. The Morgan fingerprint density at radius 3 is 1.40 bits per heavy atom. The molecule has 0 aliphatic carbocycles. The number of hydrogen-bond donors (Lipinski definition) is 1. The van der Waals surface area contributed by atoms with Gasteiger partial charge in [0.05, 0.1) is 5.49 Å². The zero-order chi connectivity index (χ0) is 2.71. The van der Waals surface area contributed by atoms with Crippen molar-refractivity contribution in [3.63, 3.8) is 0 Å². The highest BCUT2D eigenvalue weighted by molar-refractivity contribution is 7.78. The topological polar surface area (TPSA) is 26.0 Å². The first-order chi connectivity index (χ1) is 1.41. The van der Waals surface area contributed by atoms with Gasteiger partial charge < -0.3 is 5.73 Å². The van der Waals surface area contributed by atoms with Crippen LogP contribution in [0.3, 0.4) is 0 Å². The van der Waals surface area contributed by atoms with E-state index >= 15 is 0 Å². The summed E-state index contributed by atoms with van der Waals surface area (Å²) in [7, 11) is 0. The standard InChI is InChI=1S/CH3NS.2ClH/c2-1-3;;/h1H,(H2,2,3);2*1H. The molecule has 0 atom stereocenters. The van der Waals surface area contributed by atoms with Gasteiger partial charge in [-0.05, 0) is 0 Å². The van der Waals surface area contributed by atoms with E-state index in [0.717, 1.165) is 5.49 Å². The maximum absolute atomic E-state index is 4.54. The highest BCUT2D eigenvalue weighted by atomic mass is 35.5. The molecular weight excluding hydrogens is 129 g/mol. The van der Waals surface area contributed by atoms with Gasteiger partial charge in [-0.15, -0.1) is 24.8 Å². The molecule has 0 bridgehead atoms. The average Bonchev–Trinajstić information content (AvgIpc) is 0.918. The van der Waals surface area contributed by atoms with Crippen molar-refractivity contribution in [1.29, 1.82) is 0 Å². The molecule has 0 aliphatic rings. The van der Waals surface area contributed by atoms with E-state index in [1.54, 1.807) is 0 Å². The lowest BCUT2D eigenvalue weighted by molar-refractivity contribution is 1.93. The smallest absolute Gasteiger partial charge is 0.0588 e. The van der Waals surface area contributed by atoms with E-state index in [1.807, 2.05) is 0 Å². The number of nitrogens with two attached hydrogens (primary N) is 1. The monoisotopic (exact) mass is 133 g/mol. The molecule has 0 aromatic rings. The number of rotatable bonds is 0. The summed E-state index contributed by atoms with van der Waals surface area (Å²) in [6.07, 6.45) is 0. The lowest BCUT2D eigenvalue weighted by Gasteiger charge is -1.36. The fraction of sp³-hybridized carbons (Fsp3) is 0. The Balaban J connectivity index is -0.0000000200. The summed E-state index contributed by atoms with van der Waals surface area (Å²) in [6, 6.07) is 0. The highest BCUT2D eigenvalue weighted by Crippen LogP contribution is 1.16. The van der Waals surface area contributed by atoms with E-state index in [-0.39, 0.29) is 24.8 Å². The summed E-state index contributed by atoms with van der Waals surface area (Å²) in [5, 5.41) is 0. The minimum Gasteiger partial charge on any atom is -0.396 e. The molecule has 5 heavy (non-hydrogen) atoms. The molecule has 0 unspecified atom stereocenters. The number of hydrogen-bond acceptors (Lipinski definition) is 1. The Hall–Kier alpha value is 0.470. The van der Waals surface area contributed by atoms with Crippen molar-refractivity contribution in [2.45, 2.75) is 0 Å². The Bertz CT molecular complexity index is 17.1. The van der Waals surface area contributed by atoms with Crippen molar-refractivity contribution in [1.82, 2.24) is 0 Å². The molecule has 4 heteroatoms. The van der Waals surface area contributed by atoms with Crippen molar-refractivity contribution >= 4 is 42.5 Å². The van der Waals surface area contributed by atoms with E-state index in [9.17, 15) is 0 Å². The third-order valence-corrected chi connectivity index (χ3v) is 0. The van der Waals surface area contributed by atoms with Gasteiger partial charge in [0.2, 0.25) is 0 Å². The van der Waals surface area contributed by atoms with E-state index in [0.29, 0.717) is 0 Å².